The number of nitrogens with one attached hydrogen (secondary N) is 2. The maximum atomic E-state index is 13.0. The first-order valence-corrected chi connectivity index (χ1v) is 11.1. The van der Waals surface area contributed by atoms with Gasteiger partial charge in [-0.1, -0.05) is 41.9 Å². The molecule has 1 atom stereocenters. The zero-order valence-electron chi connectivity index (χ0n) is 17.2. The molecule has 0 spiro atoms. The van der Waals surface area contributed by atoms with E-state index in [4.69, 9.17) is 22.7 Å². The van der Waals surface area contributed by atoms with Gasteiger partial charge in [0.25, 0.3) is 5.91 Å². The van der Waals surface area contributed by atoms with Crippen LogP contribution in [0.15, 0.2) is 59.9 Å². The average molecular weight is 469 g/mol. The van der Waals surface area contributed by atoms with Crippen LogP contribution in [0.3, 0.4) is 0 Å². The van der Waals surface area contributed by atoms with Crippen LogP contribution < -0.4 is 16.0 Å². The van der Waals surface area contributed by atoms with Crippen molar-refractivity contribution in [3.63, 3.8) is 0 Å². The molecule has 0 bridgehead atoms. The number of likely N-dealkylation sites (N-methyl/N-ethyl adjacent to an activating group) is 1. The summed E-state index contributed by atoms with van der Waals surface area (Å²) in [7, 11) is 1.62. The third-order valence-electron chi connectivity index (χ3n) is 5.14. The molecule has 3 aromatic rings. The molecule has 1 aromatic heterocycles. The Hall–Kier alpha value is -3.30. The van der Waals surface area contributed by atoms with Gasteiger partial charge in [-0.05, 0) is 17.7 Å². The number of thioether (sulfide) groups is 1. The molecular formula is C22H21ClN6O2S. The van der Waals surface area contributed by atoms with E-state index < -0.39 is 11.9 Å². The van der Waals surface area contributed by atoms with Crippen LogP contribution in [0.25, 0.3) is 0 Å². The zero-order valence-corrected chi connectivity index (χ0v) is 18.8. The summed E-state index contributed by atoms with van der Waals surface area (Å²) in [6, 6.07) is 12.4. The number of aromatic nitrogens is 2. The van der Waals surface area contributed by atoms with Gasteiger partial charge in [0.05, 0.1) is 12.0 Å². The van der Waals surface area contributed by atoms with Crippen molar-refractivity contribution in [2.75, 3.05) is 23.4 Å². The summed E-state index contributed by atoms with van der Waals surface area (Å²) >= 11 is 7.23. The number of anilines is 2. The van der Waals surface area contributed by atoms with Crippen molar-refractivity contribution in [3.05, 3.63) is 71.8 Å². The van der Waals surface area contributed by atoms with Gasteiger partial charge in [0.15, 0.2) is 0 Å². The van der Waals surface area contributed by atoms with Gasteiger partial charge in [-0.25, -0.2) is 4.98 Å². The maximum absolute atomic E-state index is 13.0. The van der Waals surface area contributed by atoms with Crippen LogP contribution in [0.1, 0.15) is 21.6 Å². The van der Waals surface area contributed by atoms with Crippen molar-refractivity contribution in [2.45, 2.75) is 17.5 Å². The van der Waals surface area contributed by atoms with Gasteiger partial charge in [0.2, 0.25) is 5.91 Å². The number of hydrogen-bond acceptors (Lipinski definition) is 6. The number of rotatable bonds is 5. The fourth-order valence-corrected chi connectivity index (χ4v) is 4.73. The van der Waals surface area contributed by atoms with Gasteiger partial charge in [0.1, 0.15) is 16.9 Å². The molecule has 0 saturated carbocycles. The van der Waals surface area contributed by atoms with E-state index in [9.17, 15) is 9.59 Å². The molecule has 0 radical (unpaired) electrons. The highest BCUT2D eigenvalue weighted by atomic mass is 35.5. The second-order valence-corrected chi connectivity index (χ2v) is 8.81. The maximum Gasteiger partial charge on any atom is 0.272 e. The Morgan fingerprint density at radius 2 is 2.09 bits per heavy atom. The predicted molar refractivity (Wildman–Crippen MR) is 127 cm³/mol. The average Bonchev–Trinajstić information content (AvgIpc) is 3.20. The summed E-state index contributed by atoms with van der Waals surface area (Å²) in [6.07, 6.45) is 3.26. The molecule has 10 heteroatoms. The van der Waals surface area contributed by atoms with Crippen LogP contribution in [0.2, 0.25) is 0 Å². The Balaban J connectivity index is 1.48. The smallest absolute Gasteiger partial charge is 0.272 e. The molecule has 32 heavy (non-hydrogen) atoms. The molecule has 0 saturated heterocycles. The van der Waals surface area contributed by atoms with E-state index in [1.165, 1.54) is 16.7 Å². The van der Waals surface area contributed by atoms with Crippen molar-refractivity contribution in [2.24, 2.45) is 0 Å². The van der Waals surface area contributed by atoms with Crippen molar-refractivity contribution >= 4 is 51.7 Å². The van der Waals surface area contributed by atoms with E-state index in [1.807, 2.05) is 34.9 Å². The van der Waals surface area contributed by atoms with Gasteiger partial charge in [-0.15, -0.1) is 11.8 Å². The minimum atomic E-state index is -0.746. The van der Waals surface area contributed by atoms with Crippen molar-refractivity contribution < 1.29 is 9.59 Å². The lowest BCUT2D eigenvalue weighted by atomic mass is 10.1. The summed E-state index contributed by atoms with van der Waals surface area (Å²) in [5.41, 5.74) is 8.66. The minimum Gasteiger partial charge on any atom is -0.398 e. The Morgan fingerprint density at radius 1 is 1.34 bits per heavy atom. The first-order valence-electron chi connectivity index (χ1n) is 9.78. The second-order valence-electron chi connectivity index (χ2n) is 7.37. The molecule has 2 heterocycles. The first-order chi connectivity index (χ1) is 15.3. The van der Waals surface area contributed by atoms with E-state index in [0.29, 0.717) is 29.2 Å². The molecule has 8 nitrogen and oxygen atoms in total. The molecule has 2 aromatic carbocycles. The number of carbonyl (C=O) groups is 2. The van der Waals surface area contributed by atoms with E-state index in [1.54, 1.807) is 31.7 Å². The summed E-state index contributed by atoms with van der Waals surface area (Å²) in [6.45, 7) is 0.594. The van der Waals surface area contributed by atoms with Crippen LogP contribution in [-0.2, 0) is 11.3 Å². The largest absolute Gasteiger partial charge is 0.398 e. The third-order valence-corrected chi connectivity index (χ3v) is 6.48. The van der Waals surface area contributed by atoms with E-state index in [2.05, 4.69) is 10.3 Å². The Kier molecular flexibility index (Phi) is 6.20. The SMILES string of the molecule is CN1C(=O)[C@@H](NC(=O)c2cn(Cc3ccccc3)cn2)CSc2cc(N)c(C(=N)Cl)cc21. The van der Waals surface area contributed by atoms with E-state index in [0.717, 1.165) is 10.5 Å². The number of nitrogen functional groups attached to an aromatic ring is 1. The highest BCUT2D eigenvalue weighted by Crippen LogP contribution is 2.37. The molecule has 1 aliphatic heterocycles. The predicted octanol–water partition coefficient (Wildman–Crippen LogP) is 2.94. The molecule has 1 aliphatic rings. The van der Waals surface area contributed by atoms with Crippen LogP contribution in [0, 0.1) is 5.41 Å². The summed E-state index contributed by atoms with van der Waals surface area (Å²) in [5.74, 6) is -0.355. The molecule has 0 aliphatic carbocycles. The number of halogens is 1. The fourth-order valence-electron chi connectivity index (χ4n) is 3.44. The lowest BCUT2D eigenvalue weighted by molar-refractivity contribution is -0.119. The van der Waals surface area contributed by atoms with Crippen molar-refractivity contribution in [3.8, 4) is 0 Å². The standard InChI is InChI=1S/C22H21ClN6O2S/c1-28-18-7-14(20(23)25)15(24)8-19(18)32-11-17(22(28)31)27-21(30)16-10-29(12-26-16)9-13-5-3-2-4-6-13/h2-8,10,12,17,25H,9,11,24H2,1H3,(H,27,30)/t17-/m0/s1. The third kappa shape index (κ3) is 4.49. The number of amides is 2. The Bertz CT molecular complexity index is 1200. The number of fused-ring (bicyclic) bond motifs is 1. The number of benzene rings is 2. The quantitative estimate of drug-likeness (QED) is 0.393. The monoisotopic (exact) mass is 468 g/mol. The molecule has 2 amide bonds. The zero-order chi connectivity index (χ0) is 22.8. The van der Waals surface area contributed by atoms with Crippen LogP contribution >= 0.6 is 23.4 Å². The normalized spacial score (nSPS) is 15.8. The summed E-state index contributed by atoms with van der Waals surface area (Å²) < 4.78 is 1.82. The Labute approximate surface area is 194 Å². The van der Waals surface area contributed by atoms with Gasteiger partial charge in [-0.3, -0.25) is 15.0 Å². The minimum absolute atomic E-state index is 0.198. The molecule has 0 unspecified atom stereocenters. The number of hydrogen-bond donors (Lipinski definition) is 3. The van der Waals surface area contributed by atoms with Gasteiger partial charge in [-0.2, -0.15) is 0 Å². The molecular weight excluding hydrogens is 448 g/mol. The number of nitrogens with zero attached hydrogens (tertiary/aromatic N) is 3. The van der Waals surface area contributed by atoms with E-state index >= 15 is 0 Å². The van der Waals surface area contributed by atoms with Gasteiger partial charge >= 0.3 is 0 Å². The van der Waals surface area contributed by atoms with Crippen LogP contribution in [0.5, 0.6) is 0 Å². The van der Waals surface area contributed by atoms with Gasteiger partial charge in [0, 0.05) is 41.7 Å². The topological polar surface area (TPSA) is 117 Å². The second kappa shape index (κ2) is 9.05. The van der Waals surface area contributed by atoms with Crippen LogP contribution in [0.4, 0.5) is 11.4 Å². The van der Waals surface area contributed by atoms with E-state index in [-0.39, 0.29) is 16.8 Å². The highest BCUT2D eigenvalue weighted by molar-refractivity contribution is 7.99. The fraction of sp³-hybridized carbons (Fsp3) is 0.182. The summed E-state index contributed by atoms with van der Waals surface area (Å²) in [4.78, 5) is 32.3. The molecule has 4 N–H and O–H groups in total. The van der Waals surface area contributed by atoms with Crippen LogP contribution in [-0.4, -0.2) is 45.4 Å². The molecule has 164 valence electrons. The number of carbonyl (C=O) groups excluding carboxylic acids is 2. The van der Waals surface area contributed by atoms with Gasteiger partial charge < -0.3 is 20.5 Å². The van der Waals surface area contributed by atoms with Crippen molar-refractivity contribution in [1.82, 2.24) is 14.9 Å². The van der Waals surface area contributed by atoms with Crippen molar-refractivity contribution in [1.29, 1.82) is 5.41 Å². The molecule has 0 fully saturated rings. The Morgan fingerprint density at radius 3 is 2.81 bits per heavy atom. The molecule has 4 rings (SSSR count). The first kappa shape index (κ1) is 21.9. The summed E-state index contributed by atoms with van der Waals surface area (Å²) in [5, 5.41) is 10.3. The number of imidazole rings is 1. The lowest BCUT2D eigenvalue weighted by Crippen LogP contribution is -2.48. The number of nitrogens with two attached hydrogens (primary N) is 1. The lowest BCUT2D eigenvalue weighted by Gasteiger charge is -2.22. The highest BCUT2D eigenvalue weighted by Gasteiger charge is 2.31.